The lowest BCUT2D eigenvalue weighted by molar-refractivity contribution is 0.0746. The number of hydrogen-bond donors (Lipinski definition) is 1. The Kier molecular flexibility index (Phi) is 7.69. The molecule has 0 bridgehead atoms. The van der Waals surface area contributed by atoms with Gasteiger partial charge in [0.15, 0.2) is 0 Å². The van der Waals surface area contributed by atoms with Crippen LogP contribution in [-0.4, -0.2) is 42.9 Å². The molecule has 2 heterocycles. The molecule has 7 nitrogen and oxygen atoms in total. The monoisotopic (exact) mass is 597 g/mol. The fourth-order valence-corrected chi connectivity index (χ4v) is 5.49. The van der Waals surface area contributed by atoms with E-state index in [9.17, 15) is 14.4 Å². The van der Waals surface area contributed by atoms with Gasteiger partial charge in [0.25, 0.3) is 11.8 Å². The molecule has 1 fully saturated rings. The van der Waals surface area contributed by atoms with Gasteiger partial charge in [-0.3, -0.25) is 9.59 Å². The summed E-state index contributed by atoms with van der Waals surface area (Å²) in [5.74, 6) is -0.360. The maximum Gasteiger partial charge on any atom is 0.344 e. The average Bonchev–Trinajstić information content (AvgIpc) is 3.01. The number of piperazine rings is 1. The van der Waals surface area contributed by atoms with Gasteiger partial charge in [-0.2, -0.15) is 0 Å². The predicted molar refractivity (Wildman–Crippen MR) is 167 cm³/mol. The summed E-state index contributed by atoms with van der Waals surface area (Å²) in [5, 5.41) is 4.77. The van der Waals surface area contributed by atoms with E-state index in [4.69, 9.17) is 27.6 Å². The Morgan fingerprint density at radius 1 is 0.762 bits per heavy atom. The minimum atomic E-state index is -0.469. The Bertz CT molecular complexity index is 1860. The van der Waals surface area contributed by atoms with Crippen molar-refractivity contribution in [3.63, 3.8) is 0 Å². The van der Waals surface area contributed by atoms with Crippen molar-refractivity contribution in [3.05, 3.63) is 129 Å². The molecule has 6 rings (SSSR count). The third kappa shape index (κ3) is 5.75. The Labute approximate surface area is 251 Å². The molecule has 1 aliphatic heterocycles. The Morgan fingerprint density at radius 2 is 1.52 bits per heavy atom. The van der Waals surface area contributed by atoms with Crippen molar-refractivity contribution in [3.8, 4) is 11.1 Å². The number of halogens is 2. The zero-order valence-electron chi connectivity index (χ0n) is 22.3. The van der Waals surface area contributed by atoms with E-state index in [-0.39, 0.29) is 11.8 Å². The fraction of sp³-hybridized carbons (Fsp3) is 0.121. The molecule has 5 aromatic rings. The Morgan fingerprint density at radius 3 is 2.29 bits per heavy atom. The summed E-state index contributed by atoms with van der Waals surface area (Å²) >= 11 is 12.6. The van der Waals surface area contributed by atoms with Crippen LogP contribution in [0.5, 0.6) is 0 Å². The number of anilines is 2. The van der Waals surface area contributed by atoms with Crippen LogP contribution in [0.2, 0.25) is 10.0 Å². The van der Waals surface area contributed by atoms with Crippen LogP contribution in [-0.2, 0) is 0 Å². The van der Waals surface area contributed by atoms with Gasteiger partial charge in [-0.25, -0.2) is 4.79 Å². The molecule has 2 amide bonds. The van der Waals surface area contributed by atoms with E-state index in [0.29, 0.717) is 69.7 Å². The van der Waals surface area contributed by atoms with Gasteiger partial charge in [0.05, 0.1) is 16.3 Å². The molecule has 0 saturated carbocycles. The summed E-state index contributed by atoms with van der Waals surface area (Å²) in [7, 11) is 0. The molecule has 42 heavy (non-hydrogen) atoms. The molecule has 9 heteroatoms. The molecule has 0 unspecified atom stereocenters. The predicted octanol–water partition coefficient (Wildman–Crippen LogP) is 6.98. The minimum Gasteiger partial charge on any atom is -0.422 e. The number of fused-ring (bicyclic) bond motifs is 1. The summed E-state index contributed by atoms with van der Waals surface area (Å²) in [4.78, 5) is 42.5. The van der Waals surface area contributed by atoms with Crippen molar-refractivity contribution in [2.75, 3.05) is 36.4 Å². The summed E-state index contributed by atoms with van der Waals surface area (Å²) < 4.78 is 5.46. The largest absolute Gasteiger partial charge is 0.422 e. The van der Waals surface area contributed by atoms with Crippen molar-refractivity contribution in [2.45, 2.75) is 0 Å². The highest BCUT2D eigenvalue weighted by Crippen LogP contribution is 2.30. The van der Waals surface area contributed by atoms with Gasteiger partial charge < -0.3 is 19.5 Å². The lowest BCUT2D eigenvalue weighted by Crippen LogP contribution is -2.48. The van der Waals surface area contributed by atoms with Crippen LogP contribution in [0.15, 0.2) is 106 Å². The van der Waals surface area contributed by atoms with E-state index in [1.165, 1.54) is 0 Å². The van der Waals surface area contributed by atoms with Crippen molar-refractivity contribution in [2.24, 2.45) is 0 Å². The molecule has 4 aromatic carbocycles. The fourth-order valence-electron chi connectivity index (χ4n) is 5.06. The summed E-state index contributed by atoms with van der Waals surface area (Å²) in [6, 6.07) is 28.2. The van der Waals surface area contributed by atoms with E-state index in [1.807, 2.05) is 23.1 Å². The van der Waals surface area contributed by atoms with Crippen LogP contribution in [0, 0.1) is 0 Å². The van der Waals surface area contributed by atoms with Gasteiger partial charge in [-0.15, -0.1) is 0 Å². The van der Waals surface area contributed by atoms with Gasteiger partial charge in [0.1, 0.15) is 5.58 Å². The van der Waals surface area contributed by atoms with Crippen LogP contribution in [0.4, 0.5) is 11.4 Å². The number of nitrogens with zero attached hydrogens (tertiary/aromatic N) is 2. The van der Waals surface area contributed by atoms with Crippen molar-refractivity contribution >= 4 is 57.4 Å². The van der Waals surface area contributed by atoms with Gasteiger partial charge in [-0.05, 0) is 72.3 Å². The van der Waals surface area contributed by atoms with E-state index >= 15 is 0 Å². The Balaban J connectivity index is 1.12. The first-order valence-electron chi connectivity index (χ1n) is 13.4. The van der Waals surface area contributed by atoms with Crippen LogP contribution < -0.4 is 15.8 Å². The van der Waals surface area contributed by atoms with E-state index in [2.05, 4.69) is 10.2 Å². The molecule has 0 radical (unpaired) electrons. The molecule has 1 aromatic heterocycles. The number of hydrogen-bond acceptors (Lipinski definition) is 5. The number of rotatable bonds is 5. The molecule has 0 aliphatic carbocycles. The SMILES string of the molecule is O=C(Nc1ccc(N2CCN(C(=O)c3ccc(Cl)cc3)CC2)c(Cl)c1)c1cccc(-c2cc3ccccc3oc2=O)c1. The van der Waals surface area contributed by atoms with Crippen LogP contribution in [0.25, 0.3) is 22.1 Å². The lowest BCUT2D eigenvalue weighted by atomic mass is 10.0. The second-order valence-electron chi connectivity index (χ2n) is 9.97. The van der Waals surface area contributed by atoms with Crippen molar-refractivity contribution in [1.82, 2.24) is 4.90 Å². The van der Waals surface area contributed by atoms with Gasteiger partial charge >= 0.3 is 5.63 Å². The molecule has 0 atom stereocenters. The normalized spacial score (nSPS) is 13.3. The van der Waals surface area contributed by atoms with Gasteiger partial charge in [0.2, 0.25) is 0 Å². The van der Waals surface area contributed by atoms with E-state index < -0.39 is 5.63 Å². The number of nitrogens with one attached hydrogen (secondary N) is 1. The lowest BCUT2D eigenvalue weighted by Gasteiger charge is -2.36. The van der Waals surface area contributed by atoms with Crippen LogP contribution in [0.1, 0.15) is 20.7 Å². The molecular weight excluding hydrogens is 573 g/mol. The topological polar surface area (TPSA) is 82.9 Å². The maximum absolute atomic E-state index is 13.1. The Hall–Kier alpha value is -4.59. The molecule has 1 aliphatic rings. The first-order chi connectivity index (χ1) is 20.4. The molecule has 210 valence electrons. The summed E-state index contributed by atoms with van der Waals surface area (Å²) in [5.41, 5.74) is 3.38. The first kappa shape index (κ1) is 27.6. The third-order valence-electron chi connectivity index (χ3n) is 7.28. The number of carbonyl (C=O) groups excluding carboxylic acids is 2. The smallest absolute Gasteiger partial charge is 0.344 e. The molecule has 0 spiro atoms. The summed E-state index contributed by atoms with van der Waals surface area (Å²) in [6.07, 6.45) is 0. The number of para-hydroxylation sites is 1. The zero-order valence-corrected chi connectivity index (χ0v) is 23.9. The van der Waals surface area contributed by atoms with Crippen LogP contribution in [0.3, 0.4) is 0 Å². The molecular formula is C33H25Cl2N3O4. The first-order valence-corrected chi connectivity index (χ1v) is 14.2. The number of carbonyl (C=O) groups is 2. The number of benzene rings is 4. The highest BCUT2D eigenvalue weighted by atomic mass is 35.5. The second kappa shape index (κ2) is 11.7. The number of amides is 2. The minimum absolute atomic E-state index is 0.0268. The summed E-state index contributed by atoms with van der Waals surface area (Å²) in [6.45, 7) is 2.37. The van der Waals surface area contributed by atoms with Crippen LogP contribution >= 0.6 is 23.2 Å². The standard InChI is InChI=1S/C33H25Cl2N3O4/c34-25-10-8-21(9-11-25)32(40)38-16-14-37(15-17-38)29-13-12-26(20-28(29)35)36-31(39)24-6-3-5-22(18-24)27-19-23-4-1-2-7-30(23)42-33(27)41/h1-13,18-20H,14-17H2,(H,36,39). The highest BCUT2D eigenvalue weighted by Gasteiger charge is 2.23. The second-order valence-corrected chi connectivity index (χ2v) is 10.8. The van der Waals surface area contributed by atoms with Gasteiger partial charge in [-0.1, -0.05) is 53.5 Å². The van der Waals surface area contributed by atoms with E-state index in [0.717, 1.165) is 11.1 Å². The molecule has 1 N–H and O–H groups in total. The third-order valence-corrected chi connectivity index (χ3v) is 7.84. The van der Waals surface area contributed by atoms with Gasteiger partial charge in [0, 0.05) is 53.4 Å². The highest BCUT2D eigenvalue weighted by molar-refractivity contribution is 6.33. The van der Waals surface area contributed by atoms with Crippen molar-refractivity contribution in [1.29, 1.82) is 0 Å². The zero-order chi connectivity index (χ0) is 29.2. The van der Waals surface area contributed by atoms with Crippen molar-refractivity contribution < 1.29 is 14.0 Å². The average molecular weight is 598 g/mol. The molecule has 1 saturated heterocycles. The maximum atomic E-state index is 13.1. The van der Waals surface area contributed by atoms with E-state index in [1.54, 1.807) is 78.9 Å². The quantitative estimate of drug-likeness (QED) is 0.221.